The van der Waals surface area contributed by atoms with Gasteiger partial charge in [-0.3, -0.25) is 0 Å². The van der Waals surface area contributed by atoms with Gasteiger partial charge in [0, 0.05) is 19.2 Å². The standard InChI is InChI=1S/C12H17N3O/c1-3-15(8-4-7-13)12-6-5-10(16-2)9-11(12)14/h5-6,9H,3-4,8,14H2,1-2H3. The minimum atomic E-state index is 0.499. The first kappa shape index (κ1) is 12.2. The summed E-state index contributed by atoms with van der Waals surface area (Å²) in [6.45, 7) is 3.57. The number of hydrogen-bond acceptors (Lipinski definition) is 4. The Morgan fingerprint density at radius 2 is 2.25 bits per heavy atom. The van der Waals surface area contributed by atoms with Crippen LogP contribution in [0.1, 0.15) is 13.3 Å². The Morgan fingerprint density at radius 3 is 2.75 bits per heavy atom. The van der Waals surface area contributed by atoms with Crippen molar-refractivity contribution in [2.45, 2.75) is 13.3 Å². The fourth-order valence-corrected chi connectivity index (χ4v) is 1.58. The van der Waals surface area contributed by atoms with E-state index in [0.29, 0.717) is 18.7 Å². The molecule has 0 bridgehead atoms. The Morgan fingerprint density at radius 1 is 1.50 bits per heavy atom. The Bertz CT molecular complexity index is 384. The average molecular weight is 219 g/mol. The highest BCUT2D eigenvalue weighted by atomic mass is 16.5. The molecule has 0 aromatic heterocycles. The van der Waals surface area contributed by atoms with Crippen molar-refractivity contribution >= 4 is 11.4 Å². The first-order valence-corrected chi connectivity index (χ1v) is 5.28. The number of nitrogen functional groups attached to an aromatic ring is 1. The molecule has 1 aromatic rings. The van der Waals surface area contributed by atoms with Crippen LogP contribution in [-0.2, 0) is 0 Å². The van der Waals surface area contributed by atoms with E-state index in [0.717, 1.165) is 18.0 Å². The number of benzene rings is 1. The second kappa shape index (κ2) is 5.86. The number of anilines is 2. The lowest BCUT2D eigenvalue weighted by atomic mass is 10.2. The van der Waals surface area contributed by atoms with Crippen LogP contribution in [0, 0.1) is 11.3 Å². The highest BCUT2D eigenvalue weighted by Gasteiger charge is 2.08. The number of ether oxygens (including phenoxy) is 1. The van der Waals surface area contributed by atoms with Gasteiger partial charge in [0.25, 0.3) is 0 Å². The molecular weight excluding hydrogens is 202 g/mol. The van der Waals surface area contributed by atoms with Gasteiger partial charge in [0.2, 0.25) is 0 Å². The highest BCUT2D eigenvalue weighted by molar-refractivity contribution is 5.69. The average Bonchev–Trinajstić information content (AvgIpc) is 2.31. The maximum atomic E-state index is 8.58. The zero-order valence-corrected chi connectivity index (χ0v) is 9.73. The highest BCUT2D eigenvalue weighted by Crippen LogP contribution is 2.27. The minimum Gasteiger partial charge on any atom is -0.497 e. The van der Waals surface area contributed by atoms with Crippen LogP contribution in [0.4, 0.5) is 11.4 Å². The molecule has 0 radical (unpaired) electrons. The van der Waals surface area contributed by atoms with E-state index in [1.54, 1.807) is 13.2 Å². The second-order valence-electron chi connectivity index (χ2n) is 3.41. The number of nitrogens with two attached hydrogens (primary N) is 1. The van der Waals surface area contributed by atoms with Crippen LogP contribution in [0.15, 0.2) is 18.2 Å². The summed E-state index contributed by atoms with van der Waals surface area (Å²) in [6, 6.07) is 7.73. The summed E-state index contributed by atoms with van der Waals surface area (Å²) in [5.41, 5.74) is 7.58. The van der Waals surface area contributed by atoms with E-state index in [4.69, 9.17) is 15.7 Å². The van der Waals surface area contributed by atoms with Crippen LogP contribution >= 0.6 is 0 Å². The fraction of sp³-hybridized carbons (Fsp3) is 0.417. The Kier molecular flexibility index (Phi) is 4.46. The summed E-state index contributed by atoms with van der Waals surface area (Å²) in [5.74, 6) is 0.748. The maximum absolute atomic E-state index is 8.58. The first-order valence-electron chi connectivity index (χ1n) is 5.28. The molecule has 1 aromatic carbocycles. The summed E-state index contributed by atoms with van der Waals surface area (Å²) in [7, 11) is 1.61. The van der Waals surface area contributed by atoms with Gasteiger partial charge in [0.1, 0.15) is 5.75 Å². The van der Waals surface area contributed by atoms with Crippen molar-refractivity contribution in [2.24, 2.45) is 0 Å². The van der Waals surface area contributed by atoms with Crippen molar-refractivity contribution in [2.75, 3.05) is 30.8 Å². The van der Waals surface area contributed by atoms with Crippen LogP contribution in [0.3, 0.4) is 0 Å². The monoisotopic (exact) mass is 219 g/mol. The smallest absolute Gasteiger partial charge is 0.121 e. The van der Waals surface area contributed by atoms with Crippen molar-refractivity contribution in [1.29, 1.82) is 5.26 Å². The molecule has 0 saturated heterocycles. The molecule has 0 aliphatic rings. The summed E-state index contributed by atoms with van der Waals surface area (Å²) >= 11 is 0. The van der Waals surface area contributed by atoms with E-state index in [1.807, 2.05) is 19.1 Å². The third kappa shape index (κ3) is 2.80. The number of nitrogens with zero attached hydrogens (tertiary/aromatic N) is 2. The molecule has 2 N–H and O–H groups in total. The predicted molar refractivity (Wildman–Crippen MR) is 65.5 cm³/mol. The van der Waals surface area contributed by atoms with Crippen molar-refractivity contribution in [3.8, 4) is 11.8 Å². The quantitative estimate of drug-likeness (QED) is 0.769. The first-order chi connectivity index (χ1) is 7.72. The van der Waals surface area contributed by atoms with Crippen LogP contribution < -0.4 is 15.4 Å². The SMILES string of the molecule is CCN(CCC#N)c1ccc(OC)cc1N. The molecular formula is C12H17N3O. The van der Waals surface area contributed by atoms with Gasteiger partial charge in [-0.05, 0) is 19.1 Å². The van der Waals surface area contributed by atoms with E-state index in [1.165, 1.54) is 0 Å². The molecule has 4 heteroatoms. The minimum absolute atomic E-state index is 0.499. The molecule has 0 fully saturated rings. The molecule has 0 atom stereocenters. The lowest BCUT2D eigenvalue weighted by molar-refractivity contribution is 0.415. The molecule has 86 valence electrons. The van der Waals surface area contributed by atoms with Crippen LogP contribution in [0.25, 0.3) is 0 Å². The van der Waals surface area contributed by atoms with E-state index >= 15 is 0 Å². The lowest BCUT2D eigenvalue weighted by Gasteiger charge is -2.23. The summed E-state index contributed by atoms with van der Waals surface area (Å²) in [5, 5.41) is 8.58. The predicted octanol–water partition coefficient (Wildman–Crippen LogP) is 2.02. The molecule has 0 heterocycles. The summed E-state index contributed by atoms with van der Waals surface area (Å²) in [6.07, 6.45) is 0.499. The zero-order valence-electron chi connectivity index (χ0n) is 9.73. The van der Waals surface area contributed by atoms with E-state index in [-0.39, 0.29) is 0 Å². The second-order valence-corrected chi connectivity index (χ2v) is 3.41. The van der Waals surface area contributed by atoms with Gasteiger partial charge in [-0.25, -0.2) is 0 Å². The molecule has 0 saturated carbocycles. The Labute approximate surface area is 96.2 Å². The van der Waals surface area contributed by atoms with Crippen molar-refractivity contribution in [3.63, 3.8) is 0 Å². The van der Waals surface area contributed by atoms with Crippen LogP contribution in [0.5, 0.6) is 5.75 Å². The Hall–Kier alpha value is -1.89. The third-order valence-corrected chi connectivity index (χ3v) is 2.45. The normalized spacial score (nSPS) is 9.56. The molecule has 4 nitrogen and oxygen atoms in total. The molecule has 0 spiro atoms. The van der Waals surface area contributed by atoms with Crippen molar-refractivity contribution < 1.29 is 4.74 Å². The molecule has 1 rings (SSSR count). The Balaban J connectivity index is 2.88. The number of hydrogen-bond donors (Lipinski definition) is 1. The summed E-state index contributed by atoms with van der Waals surface area (Å²) < 4.78 is 5.09. The molecule has 0 aliphatic heterocycles. The lowest BCUT2D eigenvalue weighted by Crippen LogP contribution is -2.24. The third-order valence-electron chi connectivity index (χ3n) is 2.45. The van der Waals surface area contributed by atoms with Gasteiger partial charge >= 0.3 is 0 Å². The molecule has 0 aliphatic carbocycles. The van der Waals surface area contributed by atoms with Gasteiger partial charge in [-0.2, -0.15) is 5.26 Å². The van der Waals surface area contributed by atoms with Gasteiger partial charge in [0.15, 0.2) is 0 Å². The van der Waals surface area contributed by atoms with Gasteiger partial charge in [-0.1, -0.05) is 0 Å². The molecule has 0 unspecified atom stereocenters. The van der Waals surface area contributed by atoms with Gasteiger partial charge in [-0.15, -0.1) is 0 Å². The van der Waals surface area contributed by atoms with Gasteiger partial charge in [0.05, 0.1) is 31.0 Å². The maximum Gasteiger partial charge on any atom is 0.121 e. The molecule has 0 amide bonds. The zero-order chi connectivity index (χ0) is 12.0. The number of rotatable bonds is 5. The van der Waals surface area contributed by atoms with Crippen molar-refractivity contribution in [1.82, 2.24) is 0 Å². The summed E-state index contributed by atoms with van der Waals surface area (Å²) in [4.78, 5) is 2.08. The van der Waals surface area contributed by atoms with Gasteiger partial charge < -0.3 is 15.4 Å². The van der Waals surface area contributed by atoms with E-state index < -0.39 is 0 Å². The van der Waals surface area contributed by atoms with Crippen LogP contribution in [-0.4, -0.2) is 20.2 Å². The van der Waals surface area contributed by atoms with E-state index in [2.05, 4.69) is 11.0 Å². The fourth-order valence-electron chi connectivity index (χ4n) is 1.58. The molecule has 16 heavy (non-hydrogen) atoms. The number of nitriles is 1. The van der Waals surface area contributed by atoms with Crippen LogP contribution in [0.2, 0.25) is 0 Å². The van der Waals surface area contributed by atoms with Crippen molar-refractivity contribution in [3.05, 3.63) is 18.2 Å². The topological polar surface area (TPSA) is 62.3 Å². The largest absolute Gasteiger partial charge is 0.497 e. The number of methoxy groups -OCH3 is 1. The van der Waals surface area contributed by atoms with E-state index in [9.17, 15) is 0 Å².